The predicted molar refractivity (Wildman–Crippen MR) is 122 cm³/mol. The first-order chi connectivity index (χ1) is 14.9. The number of halogens is 2. The highest BCUT2D eigenvalue weighted by Crippen LogP contribution is 2.49. The van der Waals surface area contributed by atoms with E-state index < -0.39 is 0 Å². The van der Waals surface area contributed by atoms with Crippen LogP contribution in [0.3, 0.4) is 0 Å². The summed E-state index contributed by atoms with van der Waals surface area (Å²) in [6, 6.07) is 14.5. The third-order valence-corrected chi connectivity index (χ3v) is 7.58. The third kappa shape index (κ3) is 3.82. The van der Waals surface area contributed by atoms with Crippen molar-refractivity contribution < 1.29 is 9.18 Å². The summed E-state index contributed by atoms with van der Waals surface area (Å²) in [6.45, 7) is 3.67. The lowest BCUT2D eigenvalue weighted by molar-refractivity contribution is -0.147. The number of nitrogens with zero attached hydrogens (tertiary/aromatic N) is 2. The summed E-state index contributed by atoms with van der Waals surface area (Å²) in [5, 5.41) is 1.62. The normalized spacial score (nSPS) is 19.4. The highest BCUT2D eigenvalue weighted by atomic mass is 35.5. The molecule has 1 amide bonds. The van der Waals surface area contributed by atoms with E-state index in [1.54, 1.807) is 12.1 Å². The average molecular weight is 437 g/mol. The molecule has 160 valence electrons. The van der Waals surface area contributed by atoms with Gasteiger partial charge in [0.15, 0.2) is 0 Å². The number of rotatable bonds is 3. The summed E-state index contributed by atoms with van der Waals surface area (Å²) in [7, 11) is 0. The molecule has 3 aromatic rings. The van der Waals surface area contributed by atoms with Crippen LogP contribution in [0.5, 0.6) is 0 Å². The molecule has 1 spiro atoms. The van der Waals surface area contributed by atoms with Crippen molar-refractivity contribution >= 4 is 28.4 Å². The van der Waals surface area contributed by atoms with Crippen LogP contribution in [0.1, 0.15) is 55.6 Å². The van der Waals surface area contributed by atoms with Crippen LogP contribution < -0.4 is 0 Å². The summed E-state index contributed by atoms with van der Waals surface area (Å²) < 4.78 is 13.8. The molecule has 2 aliphatic rings. The van der Waals surface area contributed by atoms with Crippen LogP contribution in [0, 0.1) is 11.2 Å². The van der Waals surface area contributed by atoms with Crippen molar-refractivity contribution in [2.45, 2.75) is 44.4 Å². The zero-order chi connectivity index (χ0) is 21.6. The average Bonchev–Trinajstić information content (AvgIpc) is 2.77. The number of amides is 1. The Morgan fingerprint density at radius 2 is 1.84 bits per heavy atom. The van der Waals surface area contributed by atoms with Crippen LogP contribution in [-0.2, 0) is 4.79 Å². The maximum Gasteiger partial charge on any atom is 0.229 e. The molecule has 1 unspecified atom stereocenters. The van der Waals surface area contributed by atoms with Gasteiger partial charge in [0.2, 0.25) is 5.91 Å². The molecule has 3 nitrogen and oxygen atoms in total. The zero-order valence-electron chi connectivity index (χ0n) is 17.7. The third-order valence-electron chi connectivity index (χ3n) is 7.33. The lowest BCUT2D eigenvalue weighted by atomic mass is 9.64. The number of aromatic nitrogens is 1. The second kappa shape index (κ2) is 7.90. The molecule has 1 aliphatic heterocycles. The molecule has 2 heterocycles. The second-order valence-electron chi connectivity index (χ2n) is 9.30. The van der Waals surface area contributed by atoms with Gasteiger partial charge in [-0.1, -0.05) is 23.7 Å². The minimum atomic E-state index is -0.211. The monoisotopic (exact) mass is 436 g/mol. The standard InChI is InChI=1S/C26H26ClFN2O/c1-17(18-2-4-20(27)5-3-18)25(31)30-15-26(16-30)11-8-19(9-12-26)22-10-13-29-24-7-6-21(28)14-23(22)24/h2-7,10,13-14,17,19H,8-9,11-12,15-16H2,1H3. The van der Waals surface area contributed by atoms with Crippen molar-refractivity contribution in [2.75, 3.05) is 13.1 Å². The van der Waals surface area contributed by atoms with E-state index in [9.17, 15) is 9.18 Å². The van der Waals surface area contributed by atoms with Gasteiger partial charge < -0.3 is 4.90 Å². The summed E-state index contributed by atoms with van der Waals surface area (Å²) in [6.07, 6.45) is 6.20. The molecule has 0 radical (unpaired) electrons. The lowest BCUT2D eigenvalue weighted by Crippen LogP contribution is -2.60. The topological polar surface area (TPSA) is 33.2 Å². The van der Waals surface area contributed by atoms with Gasteiger partial charge in [-0.05, 0) is 86.1 Å². The fourth-order valence-electron chi connectivity index (χ4n) is 5.44. The van der Waals surface area contributed by atoms with Gasteiger partial charge in [0, 0.05) is 35.1 Å². The molecular weight excluding hydrogens is 411 g/mol. The number of fused-ring (bicyclic) bond motifs is 1. The van der Waals surface area contributed by atoms with E-state index in [0.29, 0.717) is 10.9 Å². The molecule has 0 bridgehead atoms. The van der Waals surface area contributed by atoms with Crippen molar-refractivity contribution in [3.05, 3.63) is 76.7 Å². The Labute approximate surface area is 187 Å². The van der Waals surface area contributed by atoms with Gasteiger partial charge >= 0.3 is 0 Å². The minimum Gasteiger partial charge on any atom is -0.341 e. The molecule has 2 aromatic carbocycles. The predicted octanol–water partition coefficient (Wildman–Crippen LogP) is 6.32. The molecule has 1 saturated heterocycles. The number of carbonyl (C=O) groups excluding carboxylic acids is 1. The Morgan fingerprint density at radius 3 is 2.55 bits per heavy atom. The lowest BCUT2D eigenvalue weighted by Gasteiger charge is -2.54. The highest BCUT2D eigenvalue weighted by Gasteiger charge is 2.47. The Morgan fingerprint density at radius 1 is 1.13 bits per heavy atom. The molecule has 5 heteroatoms. The number of hydrogen-bond acceptors (Lipinski definition) is 2. The van der Waals surface area contributed by atoms with Crippen LogP contribution in [-0.4, -0.2) is 28.9 Å². The smallest absolute Gasteiger partial charge is 0.229 e. The van der Waals surface area contributed by atoms with Gasteiger partial charge in [-0.2, -0.15) is 0 Å². The largest absolute Gasteiger partial charge is 0.341 e. The van der Waals surface area contributed by atoms with Crippen molar-refractivity contribution in [3.63, 3.8) is 0 Å². The Hall–Kier alpha value is -2.46. The van der Waals surface area contributed by atoms with Gasteiger partial charge in [0.1, 0.15) is 5.82 Å². The SMILES string of the molecule is CC(C(=O)N1CC2(CCC(c3ccnc4ccc(F)cc34)CC2)C1)c1ccc(Cl)cc1. The van der Waals surface area contributed by atoms with Crippen LogP contribution in [0.4, 0.5) is 4.39 Å². The summed E-state index contributed by atoms with van der Waals surface area (Å²) in [5.74, 6) is 0.266. The first-order valence-corrected chi connectivity index (χ1v) is 11.4. The van der Waals surface area contributed by atoms with E-state index in [1.165, 1.54) is 11.6 Å². The van der Waals surface area contributed by atoms with Crippen LogP contribution in [0.15, 0.2) is 54.7 Å². The van der Waals surface area contributed by atoms with Gasteiger partial charge in [0.25, 0.3) is 0 Å². The molecule has 1 aliphatic carbocycles. The van der Waals surface area contributed by atoms with Gasteiger partial charge in [-0.3, -0.25) is 9.78 Å². The molecular formula is C26H26ClFN2O. The van der Waals surface area contributed by atoms with E-state index in [2.05, 4.69) is 11.1 Å². The van der Waals surface area contributed by atoms with Crippen molar-refractivity contribution in [1.82, 2.24) is 9.88 Å². The fourth-order valence-corrected chi connectivity index (χ4v) is 5.57. The van der Waals surface area contributed by atoms with Crippen LogP contribution >= 0.6 is 11.6 Å². The maximum absolute atomic E-state index is 13.8. The quantitative estimate of drug-likeness (QED) is 0.481. The zero-order valence-corrected chi connectivity index (χ0v) is 18.4. The highest BCUT2D eigenvalue weighted by molar-refractivity contribution is 6.30. The maximum atomic E-state index is 13.8. The van der Waals surface area contributed by atoms with Gasteiger partial charge in [-0.25, -0.2) is 4.39 Å². The molecule has 31 heavy (non-hydrogen) atoms. The number of hydrogen-bond donors (Lipinski definition) is 0. The number of benzene rings is 2. The summed E-state index contributed by atoms with van der Waals surface area (Å²) >= 11 is 5.97. The molecule has 2 fully saturated rings. The van der Waals surface area contributed by atoms with E-state index in [-0.39, 0.29) is 23.1 Å². The number of carbonyl (C=O) groups is 1. The fraction of sp³-hybridized carbons (Fsp3) is 0.385. The Kier molecular flexibility index (Phi) is 5.21. The first kappa shape index (κ1) is 20.4. The Bertz CT molecular complexity index is 1110. The van der Waals surface area contributed by atoms with Crippen LogP contribution in [0.2, 0.25) is 5.02 Å². The van der Waals surface area contributed by atoms with Crippen LogP contribution in [0.25, 0.3) is 10.9 Å². The molecule has 1 saturated carbocycles. The number of pyridine rings is 1. The molecule has 1 aromatic heterocycles. The Balaban J connectivity index is 1.23. The van der Waals surface area contributed by atoms with Crippen molar-refractivity contribution in [3.8, 4) is 0 Å². The van der Waals surface area contributed by atoms with Gasteiger partial charge in [0.05, 0.1) is 11.4 Å². The minimum absolute atomic E-state index is 0.149. The van der Waals surface area contributed by atoms with Crippen molar-refractivity contribution in [2.24, 2.45) is 5.41 Å². The molecule has 0 N–H and O–H groups in total. The van der Waals surface area contributed by atoms with E-state index in [0.717, 1.165) is 55.2 Å². The van der Waals surface area contributed by atoms with E-state index >= 15 is 0 Å². The molecule has 5 rings (SSSR count). The first-order valence-electron chi connectivity index (χ1n) is 11.0. The summed E-state index contributed by atoms with van der Waals surface area (Å²) in [5.41, 5.74) is 3.33. The number of likely N-dealkylation sites (tertiary alicyclic amines) is 1. The molecule has 1 atom stereocenters. The van der Waals surface area contributed by atoms with E-state index in [4.69, 9.17) is 11.6 Å². The van der Waals surface area contributed by atoms with Gasteiger partial charge in [-0.15, -0.1) is 0 Å². The summed E-state index contributed by atoms with van der Waals surface area (Å²) in [4.78, 5) is 19.4. The van der Waals surface area contributed by atoms with E-state index in [1.807, 2.05) is 42.3 Å². The second-order valence-corrected chi connectivity index (χ2v) is 9.74. The van der Waals surface area contributed by atoms with Crippen molar-refractivity contribution in [1.29, 1.82) is 0 Å².